The van der Waals surface area contributed by atoms with Gasteiger partial charge >= 0.3 is 6.61 Å². The smallest absolute Gasteiger partial charge is 0.387 e. The molecule has 0 fully saturated rings. The van der Waals surface area contributed by atoms with Gasteiger partial charge in [0.15, 0.2) is 0 Å². The van der Waals surface area contributed by atoms with Gasteiger partial charge in [-0.3, -0.25) is 0 Å². The van der Waals surface area contributed by atoms with Crippen molar-refractivity contribution in [1.29, 1.82) is 0 Å². The molecule has 1 N–H and O–H groups in total. The zero-order chi connectivity index (χ0) is 13.4. The molecular weight excluding hydrogens is 236 g/mol. The van der Waals surface area contributed by atoms with Crippen LogP contribution in [0.3, 0.4) is 0 Å². The monoisotopic (exact) mass is 257 g/mol. The molecule has 0 aliphatic rings. The van der Waals surface area contributed by atoms with Gasteiger partial charge in [0.05, 0.1) is 0 Å². The highest BCUT2D eigenvalue weighted by Crippen LogP contribution is 2.15. The molecule has 1 atom stereocenters. The van der Waals surface area contributed by atoms with Crippen LogP contribution in [0.2, 0.25) is 0 Å². The third-order valence-electron chi connectivity index (χ3n) is 2.87. The van der Waals surface area contributed by atoms with E-state index in [1.165, 1.54) is 0 Å². The van der Waals surface area contributed by atoms with Crippen molar-refractivity contribution in [3.8, 4) is 5.75 Å². The summed E-state index contributed by atoms with van der Waals surface area (Å²) in [6.45, 7) is 2.32. The lowest BCUT2D eigenvalue weighted by Crippen LogP contribution is -2.27. The van der Waals surface area contributed by atoms with Gasteiger partial charge in [0.1, 0.15) is 5.75 Å². The summed E-state index contributed by atoms with van der Waals surface area (Å²) in [6, 6.07) is 7.28. The standard InChI is InChI=1S/C14H21F2NO/c1-3-5-12(4-2)17-10-11-6-8-13(9-7-11)18-14(15)16/h6-9,12,14,17H,3-5,10H2,1-2H3. The van der Waals surface area contributed by atoms with Crippen LogP contribution in [-0.4, -0.2) is 12.7 Å². The third kappa shape index (κ3) is 5.45. The number of alkyl halides is 2. The van der Waals surface area contributed by atoms with Crippen molar-refractivity contribution in [2.24, 2.45) is 0 Å². The van der Waals surface area contributed by atoms with E-state index in [1.54, 1.807) is 12.1 Å². The number of halogens is 2. The van der Waals surface area contributed by atoms with Crippen molar-refractivity contribution in [2.75, 3.05) is 0 Å². The molecule has 0 aliphatic heterocycles. The molecule has 4 heteroatoms. The van der Waals surface area contributed by atoms with Crippen LogP contribution >= 0.6 is 0 Å². The first-order valence-electron chi connectivity index (χ1n) is 6.42. The lowest BCUT2D eigenvalue weighted by atomic mass is 10.1. The molecule has 0 saturated heterocycles. The molecule has 2 nitrogen and oxygen atoms in total. The fourth-order valence-electron chi connectivity index (χ4n) is 1.85. The summed E-state index contributed by atoms with van der Waals surface area (Å²) in [4.78, 5) is 0. The minimum Gasteiger partial charge on any atom is -0.435 e. The van der Waals surface area contributed by atoms with Gasteiger partial charge in [-0.25, -0.2) is 0 Å². The molecule has 0 radical (unpaired) electrons. The normalized spacial score (nSPS) is 12.7. The average Bonchev–Trinajstić information content (AvgIpc) is 2.35. The molecule has 0 spiro atoms. The van der Waals surface area contributed by atoms with Crippen molar-refractivity contribution < 1.29 is 13.5 Å². The van der Waals surface area contributed by atoms with Gasteiger partial charge in [0.25, 0.3) is 0 Å². The molecule has 18 heavy (non-hydrogen) atoms. The van der Waals surface area contributed by atoms with E-state index in [4.69, 9.17) is 0 Å². The summed E-state index contributed by atoms with van der Waals surface area (Å²) in [5, 5.41) is 3.46. The molecule has 0 aliphatic carbocycles. The number of hydrogen-bond acceptors (Lipinski definition) is 2. The van der Waals surface area contributed by atoms with Gasteiger partial charge in [-0.2, -0.15) is 8.78 Å². The molecule has 1 unspecified atom stereocenters. The largest absolute Gasteiger partial charge is 0.435 e. The van der Waals surface area contributed by atoms with Crippen LogP contribution in [0.4, 0.5) is 8.78 Å². The first-order valence-corrected chi connectivity index (χ1v) is 6.42. The average molecular weight is 257 g/mol. The second kappa shape index (κ2) is 8.03. The van der Waals surface area contributed by atoms with Crippen LogP contribution in [0.15, 0.2) is 24.3 Å². The predicted octanol–water partition coefficient (Wildman–Crippen LogP) is 3.96. The zero-order valence-corrected chi connectivity index (χ0v) is 11.0. The molecule has 0 bridgehead atoms. The van der Waals surface area contributed by atoms with Gasteiger partial charge in [0.2, 0.25) is 0 Å². The molecule has 1 aromatic carbocycles. The first-order chi connectivity index (χ1) is 8.65. The van der Waals surface area contributed by atoms with Crippen LogP contribution in [0.25, 0.3) is 0 Å². The third-order valence-corrected chi connectivity index (χ3v) is 2.87. The lowest BCUT2D eigenvalue weighted by Gasteiger charge is -2.16. The molecule has 1 rings (SSSR count). The molecule has 0 amide bonds. The van der Waals surface area contributed by atoms with Crippen molar-refractivity contribution in [1.82, 2.24) is 5.32 Å². The maximum Gasteiger partial charge on any atom is 0.387 e. The van der Waals surface area contributed by atoms with Crippen LogP contribution in [-0.2, 0) is 6.54 Å². The Bertz CT molecular complexity index is 327. The number of rotatable bonds is 8. The van der Waals surface area contributed by atoms with Crippen LogP contribution in [0, 0.1) is 0 Å². The highest BCUT2D eigenvalue weighted by Gasteiger charge is 2.05. The number of benzene rings is 1. The molecule has 0 saturated carbocycles. The number of nitrogens with one attached hydrogen (secondary N) is 1. The van der Waals surface area contributed by atoms with E-state index in [1.807, 2.05) is 12.1 Å². The predicted molar refractivity (Wildman–Crippen MR) is 68.9 cm³/mol. The summed E-state index contributed by atoms with van der Waals surface area (Å²) < 4.78 is 28.2. The summed E-state index contributed by atoms with van der Waals surface area (Å²) in [6.07, 6.45) is 3.41. The Balaban J connectivity index is 2.43. The van der Waals surface area contributed by atoms with Gasteiger partial charge in [-0.15, -0.1) is 0 Å². The van der Waals surface area contributed by atoms with E-state index in [9.17, 15) is 8.78 Å². The van der Waals surface area contributed by atoms with Crippen molar-refractivity contribution in [2.45, 2.75) is 52.3 Å². The Morgan fingerprint density at radius 1 is 1.17 bits per heavy atom. The van der Waals surface area contributed by atoms with E-state index in [2.05, 4.69) is 23.9 Å². The summed E-state index contributed by atoms with van der Waals surface area (Å²) in [5.74, 6) is 0.203. The maximum absolute atomic E-state index is 12.0. The van der Waals surface area contributed by atoms with Crippen LogP contribution in [0.1, 0.15) is 38.7 Å². The summed E-state index contributed by atoms with van der Waals surface area (Å²) in [7, 11) is 0. The quantitative estimate of drug-likeness (QED) is 0.761. The van der Waals surface area contributed by atoms with Crippen molar-refractivity contribution >= 4 is 0 Å². The fourth-order valence-corrected chi connectivity index (χ4v) is 1.85. The molecule has 0 aromatic heterocycles. The molecule has 1 aromatic rings. The number of hydrogen-bond donors (Lipinski definition) is 1. The van der Waals surface area contributed by atoms with E-state index in [0.29, 0.717) is 6.04 Å². The second-order valence-electron chi connectivity index (χ2n) is 4.30. The highest BCUT2D eigenvalue weighted by atomic mass is 19.3. The Labute approximate surface area is 107 Å². The van der Waals surface area contributed by atoms with Gasteiger partial charge < -0.3 is 10.1 Å². The van der Waals surface area contributed by atoms with Gasteiger partial charge in [-0.05, 0) is 30.5 Å². The van der Waals surface area contributed by atoms with E-state index in [0.717, 1.165) is 31.4 Å². The van der Waals surface area contributed by atoms with Gasteiger partial charge in [-0.1, -0.05) is 32.4 Å². The van der Waals surface area contributed by atoms with E-state index >= 15 is 0 Å². The fraction of sp³-hybridized carbons (Fsp3) is 0.571. The number of ether oxygens (including phenoxy) is 1. The van der Waals surface area contributed by atoms with Crippen LogP contribution < -0.4 is 10.1 Å². The lowest BCUT2D eigenvalue weighted by molar-refractivity contribution is -0.0498. The summed E-state index contributed by atoms with van der Waals surface area (Å²) in [5.41, 5.74) is 1.08. The SMILES string of the molecule is CCCC(CC)NCc1ccc(OC(F)F)cc1. The molecule has 102 valence electrons. The highest BCUT2D eigenvalue weighted by molar-refractivity contribution is 5.27. The Morgan fingerprint density at radius 2 is 1.83 bits per heavy atom. The van der Waals surface area contributed by atoms with Crippen molar-refractivity contribution in [3.63, 3.8) is 0 Å². The zero-order valence-electron chi connectivity index (χ0n) is 11.0. The van der Waals surface area contributed by atoms with E-state index < -0.39 is 6.61 Å². The Hall–Kier alpha value is -1.16. The minimum absolute atomic E-state index is 0.203. The summed E-state index contributed by atoms with van der Waals surface area (Å²) >= 11 is 0. The Kier molecular flexibility index (Phi) is 6.65. The molecular formula is C14H21F2NO. The van der Waals surface area contributed by atoms with Crippen LogP contribution in [0.5, 0.6) is 5.75 Å². The van der Waals surface area contributed by atoms with E-state index in [-0.39, 0.29) is 5.75 Å². The topological polar surface area (TPSA) is 21.3 Å². The van der Waals surface area contributed by atoms with Crippen molar-refractivity contribution in [3.05, 3.63) is 29.8 Å². The second-order valence-corrected chi connectivity index (χ2v) is 4.30. The minimum atomic E-state index is -2.76. The van der Waals surface area contributed by atoms with Gasteiger partial charge in [0, 0.05) is 12.6 Å². The maximum atomic E-state index is 12.0. The Morgan fingerprint density at radius 3 is 2.33 bits per heavy atom. The first kappa shape index (κ1) is 14.9. The molecule has 0 heterocycles.